The number of aromatic carboxylic acids is 1. The quantitative estimate of drug-likeness (QED) is 0.681. The largest absolute Gasteiger partial charge is 0.477 e. The van der Waals surface area contributed by atoms with Crippen LogP contribution < -0.4 is 11.2 Å². The van der Waals surface area contributed by atoms with E-state index in [4.69, 9.17) is 28.9 Å². The summed E-state index contributed by atoms with van der Waals surface area (Å²) >= 11 is 12.2. The predicted molar refractivity (Wildman–Crippen MR) is 104 cm³/mol. The van der Waals surface area contributed by atoms with E-state index in [-0.39, 0.29) is 11.9 Å². The Kier molecular flexibility index (Phi) is 5.21. The highest BCUT2D eigenvalue weighted by molar-refractivity contribution is 6.42. The van der Waals surface area contributed by atoms with E-state index in [1.807, 2.05) is 6.07 Å². The van der Waals surface area contributed by atoms with Crippen LogP contribution in [0.2, 0.25) is 10.0 Å². The molecule has 3 N–H and O–H groups in total. The van der Waals surface area contributed by atoms with Crippen molar-refractivity contribution in [2.75, 3.05) is 0 Å². The molecule has 1 aromatic heterocycles. The number of hydrogen-bond acceptors (Lipinski definition) is 3. The minimum atomic E-state index is -1.37. The molecule has 0 atom stereocenters. The topological polar surface area (TPSA) is 102 Å². The second-order valence-corrected chi connectivity index (χ2v) is 6.80. The maximum Gasteiger partial charge on any atom is 0.341 e. The molecule has 0 unspecified atom stereocenters. The van der Waals surface area contributed by atoms with Crippen LogP contribution >= 0.6 is 23.2 Å². The Labute approximate surface area is 163 Å². The summed E-state index contributed by atoms with van der Waals surface area (Å²) in [6.07, 6.45) is 1.53. The van der Waals surface area contributed by atoms with E-state index in [0.29, 0.717) is 22.0 Å². The van der Waals surface area contributed by atoms with Crippen molar-refractivity contribution in [2.24, 2.45) is 5.73 Å². The molecule has 3 rings (SSSR count). The number of carbonyl (C=O) groups is 2. The molecule has 6 nitrogen and oxygen atoms in total. The highest BCUT2D eigenvalue weighted by Crippen LogP contribution is 2.28. The fourth-order valence-corrected chi connectivity index (χ4v) is 3.30. The zero-order valence-corrected chi connectivity index (χ0v) is 15.4. The smallest absolute Gasteiger partial charge is 0.341 e. The Morgan fingerprint density at radius 2 is 1.89 bits per heavy atom. The molecule has 0 fully saturated rings. The van der Waals surface area contributed by atoms with Gasteiger partial charge in [0.25, 0.3) is 0 Å². The van der Waals surface area contributed by atoms with Crippen molar-refractivity contribution < 1.29 is 14.7 Å². The molecule has 0 saturated heterocycles. The van der Waals surface area contributed by atoms with Crippen LogP contribution in [-0.2, 0) is 17.8 Å². The van der Waals surface area contributed by atoms with Crippen molar-refractivity contribution in [3.8, 4) is 0 Å². The van der Waals surface area contributed by atoms with Gasteiger partial charge in [-0.2, -0.15) is 0 Å². The molecule has 0 spiro atoms. The molecule has 138 valence electrons. The Balaban J connectivity index is 2.17. The van der Waals surface area contributed by atoms with Gasteiger partial charge in [-0.05, 0) is 35.7 Å². The second-order valence-electron chi connectivity index (χ2n) is 6.01. The van der Waals surface area contributed by atoms with Crippen molar-refractivity contribution in [3.63, 3.8) is 0 Å². The summed E-state index contributed by atoms with van der Waals surface area (Å²) in [4.78, 5) is 35.3. The SMILES string of the molecule is NC(=O)Cn1cc(C(=O)O)c(=O)c2cc(Cc3cccc(Cl)c3Cl)ccc21. The number of amides is 1. The van der Waals surface area contributed by atoms with Gasteiger partial charge in [-0.15, -0.1) is 0 Å². The van der Waals surface area contributed by atoms with Gasteiger partial charge in [-0.3, -0.25) is 9.59 Å². The van der Waals surface area contributed by atoms with Crippen LogP contribution in [0.1, 0.15) is 21.5 Å². The van der Waals surface area contributed by atoms with Gasteiger partial charge in [0.15, 0.2) is 0 Å². The molecule has 2 aromatic carbocycles. The molecule has 3 aromatic rings. The maximum absolute atomic E-state index is 12.6. The third kappa shape index (κ3) is 3.82. The maximum atomic E-state index is 12.6. The molecular weight excluding hydrogens is 391 g/mol. The third-order valence-electron chi connectivity index (χ3n) is 4.13. The second kappa shape index (κ2) is 7.42. The average molecular weight is 405 g/mol. The van der Waals surface area contributed by atoms with Crippen LogP contribution in [0, 0.1) is 0 Å². The molecule has 1 heterocycles. The van der Waals surface area contributed by atoms with E-state index in [1.165, 1.54) is 4.57 Å². The van der Waals surface area contributed by atoms with Crippen molar-refractivity contribution in [1.29, 1.82) is 0 Å². The lowest BCUT2D eigenvalue weighted by molar-refractivity contribution is -0.118. The van der Waals surface area contributed by atoms with Gasteiger partial charge in [0.05, 0.1) is 15.6 Å². The van der Waals surface area contributed by atoms with Crippen molar-refractivity contribution in [1.82, 2.24) is 4.57 Å². The summed E-state index contributed by atoms with van der Waals surface area (Å²) in [7, 11) is 0. The number of halogens is 2. The zero-order chi connectivity index (χ0) is 19.7. The van der Waals surface area contributed by atoms with Crippen LogP contribution in [0.5, 0.6) is 0 Å². The summed E-state index contributed by atoms with van der Waals surface area (Å²) in [5.74, 6) is -2.02. The standard InChI is InChI=1S/C19H14Cl2N2O4/c20-14-3-1-2-11(17(14)21)6-10-4-5-15-12(7-10)18(25)13(19(26)27)8-23(15)9-16(22)24/h1-5,7-8H,6,9H2,(H2,22,24)(H,26,27). The predicted octanol–water partition coefficient (Wildman–Crippen LogP) is 3.08. The highest BCUT2D eigenvalue weighted by Gasteiger charge is 2.16. The number of nitrogens with two attached hydrogens (primary N) is 1. The number of pyridine rings is 1. The number of aromatic nitrogens is 1. The Hall–Kier alpha value is -2.83. The molecule has 0 aliphatic carbocycles. The minimum Gasteiger partial charge on any atom is -0.477 e. The minimum absolute atomic E-state index is 0.187. The summed E-state index contributed by atoms with van der Waals surface area (Å²) in [6.45, 7) is -0.240. The summed E-state index contributed by atoms with van der Waals surface area (Å²) in [5, 5.41) is 10.3. The molecule has 0 aliphatic heterocycles. The van der Waals surface area contributed by atoms with Crippen LogP contribution in [0.3, 0.4) is 0 Å². The number of carbonyl (C=O) groups excluding carboxylic acids is 1. The van der Waals surface area contributed by atoms with Gasteiger partial charge in [-0.1, -0.05) is 41.4 Å². The summed E-state index contributed by atoms with van der Waals surface area (Å²) < 4.78 is 1.36. The number of carboxylic acid groups (broad SMARTS) is 1. The van der Waals surface area contributed by atoms with Gasteiger partial charge in [0, 0.05) is 11.6 Å². The first kappa shape index (κ1) is 18.9. The first-order valence-corrected chi connectivity index (χ1v) is 8.64. The molecule has 0 bridgehead atoms. The van der Waals surface area contributed by atoms with Gasteiger partial charge < -0.3 is 15.4 Å². The highest BCUT2D eigenvalue weighted by atomic mass is 35.5. The molecule has 0 saturated carbocycles. The summed E-state index contributed by atoms with van der Waals surface area (Å²) in [5.41, 5.74) is 6.12. The molecule has 0 aliphatic rings. The summed E-state index contributed by atoms with van der Waals surface area (Å²) in [6, 6.07) is 10.3. The Bertz CT molecular complexity index is 1140. The number of primary amides is 1. The van der Waals surface area contributed by atoms with Gasteiger partial charge in [0.2, 0.25) is 11.3 Å². The molecule has 8 heteroatoms. The number of rotatable bonds is 5. The third-order valence-corrected chi connectivity index (χ3v) is 4.99. The Morgan fingerprint density at radius 1 is 1.15 bits per heavy atom. The van der Waals surface area contributed by atoms with Crippen LogP contribution in [-0.4, -0.2) is 21.6 Å². The average Bonchev–Trinajstić information content (AvgIpc) is 2.61. The van der Waals surface area contributed by atoms with Crippen LogP contribution in [0.4, 0.5) is 0 Å². The molecule has 1 amide bonds. The van der Waals surface area contributed by atoms with Crippen molar-refractivity contribution in [2.45, 2.75) is 13.0 Å². The van der Waals surface area contributed by atoms with Crippen LogP contribution in [0.25, 0.3) is 10.9 Å². The molecular formula is C19H14Cl2N2O4. The lowest BCUT2D eigenvalue weighted by atomic mass is 10.0. The fraction of sp³-hybridized carbons (Fsp3) is 0.105. The van der Waals surface area contributed by atoms with Crippen molar-refractivity contribution in [3.05, 3.63) is 79.6 Å². The van der Waals surface area contributed by atoms with Gasteiger partial charge >= 0.3 is 5.97 Å². The van der Waals surface area contributed by atoms with E-state index < -0.39 is 22.9 Å². The normalized spacial score (nSPS) is 10.9. The van der Waals surface area contributed by atoms with Gasteiger partial charge in [0.1, 0.15) is 12.1 Å². The fourth-order valence-electron chi connectivity index (χ4n) is 2.91. The van der Waals surface area contributed by atoms with E-state index in [9.17, 15) is 19.5 Å². The van der Waals surface area contributed by atoms with E-state index >= 15 is 0 Å². The van der Waals surface area contributed by atoms with E-state index in [1.54, 1.807) is 30.3 Å². The molecule has 27 heavy (non-hydrogen) atoms. The first-order valence-electron chi connectivity index (χ1n) is 7.88. The molecule has 0 radical (unpaired) electrons. The number of fused-ring (bicyclic) bond motifs is 1. The monoisotopic (exact) mass is 404 g/mol. The number of nitrogens with zero attached hydrogens (tertiary/aromatic N) is 1. The van der Waals surface area contributed by atoms with Crippen molar-refractivity contribution >= 4 is 46.0 Å². The Morgan fingerprint density at radius 3 is 2.56 bits per heavy atom. The zero-order valence-electron chi connectivity index (χ0n) is 13.9. The number of hydrogen-bond donors (Lipinski definition) is 2. The van der Waals surface area contributed by atoms with Gasteiger partial charge in [-0.25, -0.2) is 4.79 Å². The number of benzene rings is 2. The van der Waals surface area contributed by atoms with Crippen LogP contribution in [0.15, 0.2) is 47.4 Å². The first-order chi connectivity index (χ1) is 12.8. The number of carboxylic acids is 1. The van der Waals surface area contributed by atoms with E-state index in [0.717, 1.165) is 17.3 Å². The van der Waals surface area contributed by atoms with E-state index in [2.05, 4.69) is 0 Å². The lowest BCUT2D eigenvalue weighted by Gasteiger charge is -2.12. The lowest BCUT2D eigenvalue weighted by Crippen LogP contribution is -2.24.